The summed E-state index contributed by atoms with van der Waals surface area (Å²) in [6.45, 7) is 11.2. The van der Waals surface area contributed by atoms with Crippen molar-refractivity contribution in [1.29, 1.82) is 10.5 Å². The number of nitriles is 2. The third-order valence-corrected chi connectivity index (χ3v) is 5.06. The van der Waals surface area contributed by atoms with Crippen LogP contribution in [0.5, 0.6) is 0 Å². The van der Waals surface area contributed by atoms with Gasteiger partial charge >= 0.3 is 0 Å². The lowest BCUT2D eigenvalue weighted by molar-refractivity contribution is -0.132. The molecule has 0 fully saturated rings. The molecular formula is C17H24N4O2S. The van der Waals surface area contributed by atoms with Crippen LogP contribution in [0.4, 0.5) is 0 Å². The first-order valence-electron chi connectivity index (χ1n) is 7.87. The highest BCUT2D eigenvalue weighted by Crippen LogP contribution is 2.41. The molecule has 0 aromatic rings. The maximum Gasteiger partial charge on any atom is 0.243 e. The van der Waals surface area contributed by atoms with E-state index in [9.17, 15) is 20.1 Å². The van der Waals surface area contributed by atoms with Crippen molar-refractivity contribution in [1.82, 2.24) is 10.2 Å². The van der Waals surface area contributed by atoms with E-state index in [2.05, 4.69) is 11.4 Å². The van der Waals surface area contributed by atoms with Gasteiger partial charge in [-0.15, -0.1) is 0 Å². The summed E-state index contributed by atoms with van der Waals surface area (Å²) >= 11 is 1.14. The molecule has 0 radical (unpaired) electrons. The predicted octanol–water partition coefficient (Wildman–Crippen LogP) is 2.40. The van der Waals surface area contributed by atoms with Gasteiger partial charge in [0.15, 0.2) is 0 Å². The van der Waals surface area contributed by atoms with Gasteiger partial charge in [0.25, 0.3) is 0 Å². The van der Waals surface area contributed by atoms with E-state index in [0.717, 1.165) is 11.8 Å². The van der Waals surface area contributed by atoms with E-state index >= 15 is 0 Å². The fraction of sp³-hybridized carbons (Fsp3) is 0.647. The summed E-state index contributed by atoms with van der Waals surface area (Å²) in [6, 6.07) is 4.20. The molecule has 0 saturated carbocycles. The van der Waals surface area contributed by atoms with Gasteiger partial charge in [0.05, 0.1) is 28.5 Å². The Hall–Kier alpha value is -1.99. The van der Waals surface area contributed by atoms with E-state index in [-0.39, 0.29) is 23.7 Å². The number of hydrogen-bond donors (Lipinski definition) is 1. The van der Waals surface area contributed by atoms with Crippen LogP contribution in [0.25, 0.3) is 0 Å². The van der Waals surface area contributed by atoms with E-state index in [4.69, 9.17) is 0 Å². The molecule has 2 amide bonds. The highest BCUT2D eigenvalue weighted by molar-refractivity contribution is 8.03. The zero-order valence-corrected chi connectivity index (χ0v) is 15.8. The third-order valence-electron chi connectivity index (χ3n) is 4.07. The van der Waals surface area contributed by atoms with Crippen LogP contribution >= 0.6 is 11.8 Å². The number of carbonyl (C=O) groups is 2. The maximum absolute atomic E-state index is 12.5. The summed E-state index contributed by atoms with van der Waals surface area (Å²) in [7, 11) is 0. The van der Waals surface area contributed by atoms with Crippen molar-refractivity contribution < 1.29 is 9.59 Å². The molecule has 1 heterocycles. The zero-order valence-electron chi connectivity index (χ0n) is 15.0. The Morgan fingerprint density at radius 3 is 2.25 bits per heavy atom. The minimum absolute atomic E-state index is 0.0516. The van der Waals surface area contributed by atoms with Crippen LogP contribution in [-0.4, -0.2) is 34.6 Å². The molecule has 1 aliphatic rings. The van der Waals surface area contributed by atoms with Crippen LogP contribution in [0, 0.1) is 34.0 Å². The second-order valence-electron chi connectivity index (χ2n) is 6.87. The van der Waals surface area contributed by atoms with E-state index in [0.29, 0.717) is 10.6 Å². The summed E-state index contributed by atoms with van der Waals surface area (Å²) in [5, 5.41) is 21.7. The number of hydrogen-bond acceptors (Lipinski definition) is 5. The first kappa shape index (κ1) is 20.1. The summed E-state index contributed by atoms with van der Waals surface area (Å²) in [5.74, 6) is -1.27. The van der Waals surface area contributed by atoms with E-state index < -0.39 is 17.2 Å². The van der Waals surface area contributed by atoms with E-state index in [1.165, 1.54) is 0 Å². The van der Waals surface area contributed by atoms with Crippen LogP contribution in [0.15, 0.2) is 10.6 Å². The van der Waals surface area contributed by atoms with Crippen LogP contribution in [0.3, 0.4) is 0 Å². The molecule has 6 nitrogen and oxygen atoms in total. The number of carbonyl (C=O) groups excluding carboxylic acids is 2. The molecule has 0 unspecified atom stereocenters. The molecule has 0 aromatic carbocycles. The molecule has 0 bridgehead atoms. The van der Waals surface area contributed by atoms with Crippen molar-refractivity contribution in [3.05, 3.63) is 10.6 Å². The largest absolute Gasteiger partial charge is 0.337 e. The monoisotopic (exact) mass is 348 g/mol. The van der Waals surface area contributed by atoms with Crippen molar-refractivity contribution in [2.45, 2.75) is 53.6 Å². The molecule has 0 saturated heterocycles. The van der Waals surface area contributed by atoms with Gasteiger partial charge in [0.1, 0.15) is 5.92 Å². The van der Waals surface area contributed by atoms with Gasteiger partial charge < -0.3 is 10.2 Å². The molecule has 1 rings (SSSR count). The molecule has 130 valence electrons. The molecule has 0 aliphatic carbocycles. The molecule has 24 heavy (non-hydrogen) atoms. The fourth-order valence-corrected chi connectivity index (χ4v) is 3.96. The van der Waals surface area contributed by atoms with Crippen LogP contribution in [0.2, 0.25) is 0 Å². The van der Waals surface area contributed by atoms with Gasteiger partial charge in [-0.25, -0.2) is 0 Å². The average Bonchev–Trinajstić information content (AvgIpc) is 2.43. The standard InChI is InChI=1S/C17H24N4O2S/c1-10(2)21(11(3)4)14(22)9-24-16-13(8-19)17(5,6)12(7-18)15(23)20-16/h10-12H,9H2,1-6H3,(H,20,23)/t12-/m1/s1. The molecule has 0 aromatic heterocycles. The van der Waals surface area contributed by atoms with Crippen molar-refractivity contribution in [2.75, 3.05) is 5.75 Å². The van der Waals surface area contributed by atoms with Crippen molar-refractivity contribution in [3.63, 3.8) is 0 Å². The first-order chi connectivity index (χ1) is 11.1. The summed E-state index contributed by atoms with van der Waals surface area (Å²) < 4.78 is 0. The Bertz CT molecular complexity index is 630. The van der Waals surface area contributed by atoms with Crippen molar-refractivity contribution in [3.8, 4) is 12.1 Å². The Kier molecular flexibility index (Phi) is 6.45. The molecule has 1 atom stereocenters. The van der Waals surface area contributed by atoms with Crippen LogP contribution in [0.1, 0.15) is 41.5 Å². The zero-order chi connectivity index (χ0) is 18.7. The van der Waals surface area contributed by atoms with Gasteiger partial charge in [-0.2, -0.15) is 10.5 Å². The highest BCUT2D eigenvalue weighted by Gasteiger charge is 2.44. The third kappa shape index (κ3) is 3.91. The van der Waals surface area contributed by atoms with E-state index in [1.807, 2.05) is 33.8 Å². The summed E-state index contributed by atoms with van der Waals surface area (Å²) in [5.41, 5.74) is -0.542. The smallest absolute Gasteiger partial charge is 0.243 e. The number of nitrogens with one attached hydrogen (secondary N) is 1. The fourth-order valence-electron chi connectivity index (χ4n) is 2.92. The minimum atomic E-state index is -0.921. The molecule has 1 N–H and O–H groups in total. The van der Waals surface area contributed by atoms with Crippen molar-refractivity contribution in [2.24, 2.45) is 11.3 Å². The Morgan fingerprint density at radius 2 is 1.83 bits per heavy atom. The van der Waals surface area contributed by atoms with Crippen LogP contribution < -0.4 is 5.32 Å². The number of amides is 2. The normalized spacial score (nSPS) is 19.8. The molecule has 1 aliphatic heterocycles. The lowest BCUT2D eigenvalue weighted by Gasteiger charge is -2.35. The van der Waals surface area contributed by atoms with Gasteiger partial charge in [-0.3, -0.25) is 9.59 Å². The maximum atomic E-state index is 12.5. The Balaban J connectivity index is 3.04. The number of rotatable bonds is 5. The Morgan fingerprint density at radius 1 is 1.29 bits per heavy atom. The second kappa shape index (κ2) is 7.72. The molecule has 0 spiro atoms. The predicted molar refractivity (Wildman–Crippen MR) is 93.2 cm³/mol. The number of allylic oxidation sites excluding steroid dienone is 1. The lowest BCUT2D eigenvalue weighted by Crippen LogP contribution is -2.45. The van der Waals surface area contributed by atoms with Crippen molar-refractivity contribution >= 4 is 23.6 Å². The minimum Gasteiger partial charge on any atom is -0.337 e. The van der Waals surface area contributed by atoms with Gasteiger partial charge in [-0.05, 0) is 27.7 Å². The number of nitrogens with zero attached hydrogens (tertiary/aromatic N) is 3. The first-order valence-corrected chi connectivity index (χ1v) is 8.85. The lowest BCUT2D eigenvalue weighted by atomic mass is 9.72. The quantitative estimate of drug-likeness (QED) is 0.823. The number of thioether (sulfide) groups is 1. The SMILES string of the molecule is CC(C)N(C(=O)CSC1=C(C#N)C(C)(C)[C@H](C#N)C(=O)N1)C(C)C. The molecule has 7 heteroatoms. The highest BCUT2D eigenvalue weighted by atomic mass is 32.2. The van der Waals surface area contributed by atoms with Gasteiger partial charge in [0.2, 0.25) is 11.8 Å². The van der Waals surface area contributed by atoms with E-state index in [1.54, 1.807) is 18.7 Å². The van der Waals surface area contributed by atoms with Crippen LogP contribution in [-0.2, 0) is 9.59 Å². The second-order valence-corrected chi connectivity index (χ2v) is 7.85. The molecular weight excluding hydrogens is 324 g/mol. The summed E-state index contributed by atoms with van der Waals surface area (Å²) in [6.07, 6.45) is 0. The topological polar surface area (TPSA) is 97.0 Å². The summed E-state index contributed by atoms with van der Waals surface area (Å²) in [4.78, 5) is 26.4. The van der Waals surface area contributed by atoms with Gasteiger partial charge in [-0.1, -0.05) is 25.6 Å². The van der Waals surface area contributed by atoms with Gasteiger partial charge in [0, 0.05) is 17.5 Å². The Labute approximate surface area is 147 Å². The average molecular weight is 348 g/mol.